The molecule has 0 saturated heterocycles. The van der Waals surface area contributed by atoms with Crippen molar-refractivity contribution in [3.8, 4) is 5.75 Å². The van der Waals surface area contributed by atoms with E-state index < -0.39 is 0 Å². The Morgan fingerprint density at radius 2 is 2.00 bits per heavy atom. The van der Waals surface area contributed by atoms with Crippen LogP contribution in [0.5, 0.6) is 5.75 Å². The Morgan fingerprint density at radius 3 is 2.71 bits per heavy atom. The zero-order valence-electron chi connectivity index (χ0n) is 13.3. The average Bonchev–Trinajstić information content (AvgIpc) is 2.51. The van der Waals surface area contributed by atoms with E-state index in [0.29, 0.717) is 6.04 Å². The number of hydrogen-bond acceptors (Lipinski definition) is 2. The van der Waals surface area contributed by atoms with Crippen molar-refractivity contribution in [2.75, 3.05) is 13.8 Å². The summed E-state index contributed by atoms with van der Waals surface area (Å²) in [5, 5.41) is 2.84. The molecule has 0 unspecified atom stereocenters. The van der Waals surface area contributed by atoms with Crippen LogP contribution in [0.4, 0.5) is 4.79 Å². The van der Waals surface area contributed by atoms with Gasteiger partial charge >= 0.3 is 6.03 Å². The second-order valence-electron chi connectivity index (χ2n) is 5.87. The SMILES string of the molecule is Cc1cccc(OCNC(=O)N(C)C2CCCCC2)c1C. The Hall–Kier alpha value is -1.71. The predicted molar refractivity (Wildman–Crippen MR) is 84.6 cm³/mol. The molecule has 1 aliphatic carbocycles. The lowest BCUT2D eigenvalue weighted by Crippen LogP contribution is -2.45. The van der Waals surface area contributed by atoms with Crippen LogP contribution in [0.15, 0.2) is 18.2 Å². The van der Waals surface area contributed by atoms with E-state index in [-0.39, 0.29) is 12.8 Å². The van der Waals surface area contributed by atoms with Crippen molar-refractivity contribution < 1.29 is 9.53 Å². The lowest BCUT2D eigenvalue weighted by Gasteiger charge is -2.31. The normalized spacial score (nSPS) is 15.6. The molecular formula is C17H26N2O2. The Kier molecular flexibility index (Phi) is 5.48. The predicted octanol–water partition coefficient (Wildman–Crippen LogP) is 3.61. The van der Waals surface area contributed by atoms with E-state index in [1.165, 1.54) is 24.8 Å². The van der Waals surface area contributed by atoms with Gasteiger partial charge in [-0.25, -0.2) is 4.79 Å². The van der Waals surface area contributed by atoms with Gasteiger partial charge in [0, 0.05) is 13.1 Å². The number of nitrogens with one attached hydrogen (secondary N) is 1. The maximum Gasteiger partial charge on any atom is 0.319 e. The standard InChI is InChI=1S/C17H26N2O2/c1-13-8-7-11-16(14(13)2)21-12-18-17(20)19(3)15-9-5-4-6-10-15/h7-8,11,15H,4-6,9-10,12H2,1-3H3,(H,18,20). The van der Waals surface area contributed by atoms with Crippen LogP contribution in [-0.4, -0.2) is 30.8 Å². The third-order valence-corrected chi connectivity index (χ3v) is 4.45. The van der Waals surface area contributed by atoms with Crippen molar-refractivity contribution in [3.05, 3.63) is 29.3 Å². The Bertz CT molecular complexity index is 482. The fourth-order valence-electron chi connectivity index (χ4n) is 2.81. The van der Waals surface area contributed by atoms with E-state index >= 15 is 0 Å². The van der Waals surface area contributed by atoms with Gasteiger partial charge in [0.25, 0.3) is 0 Å². The summed E-state index contributed by atoms with van der Waals surface area (Å²) in [6.07, 6.45) is 5.97. The molecule has 116 valence electrons. The van der Waals surface area contributed by atoms with E-state index in [1.807, 2.05) is 31.0 Å². The van der Waals surface area contributed by atoms with Crippen molar-refractivity contribution in [2.45, 2.75) is 52.0 Å². The van der Waals surface area contributed by atoms with Crippen LogP contribution in [0.25, 0.3) is 0 Å². The zero-order valence-corrected chi connectivity index (χ0v) is 13.3. The van der Waals surface area contributed by atoms with Gasteiger partial charge in [0.2, 0.25) is 0 Å². The second kappa shape index (κ2) is 7.34. The third kappa shape index (κ3) is 4.13. The molecule has 1 fully saturated rings. The summed E-state index contributed by atoms with van der Waals surface area (Å²) >= 11 is 0. The minimum Gasteiger partial charge on any atom is -0.473 e. The number of amides is 2. The van der Waals surface area contributed by atoms with Gasteiger partial charge in [-0.2, -0.15) is 0 Å². The first kappa shape index (κ1) is 15.7. The molecule has 0 atom stereocenters. The molecule has 1 N–H and O–H groups in total. The minimum atomic E-state index is -0.0489. The van der Waals surface area contributed by atoms with Crippen LogP contribution < -0.4 is 10.1 Å². The molecule has 4 nitrogen and oxygen atoms in total. The van der Waals surface area contributed by atoms with Gasteiger partial charge in [0.1, 0.15) is 5.75 Å². The Balaban J connectivity index is 1.79. The molecule has 0 heterocycles. The summed E-state index contributed by atoms with van der Waals surface area (Å²) in [6.45, 7) is 4.29. The van der Waals surface area contributed by atoms with Gasteiger partial charge < -0.3 is 15.0 Å². The van der Waals surface area contributed by atoms with Crippen LogP contribution in [0.2, 0.25) is 0 Å². The molecule has 21 heavy (non-hydrogen) atoms. The Morgan fingerprint density at radius 1 is 1.29 bits per heavy atom. The second-order valence-corrected chi connectivity index (χ2v) is 5.87. The summed E-state index contributed by atoms with van der Waals surface area (Å²) in [4.78, 5) is 13.9. The van der Waals surface area contributed by atoms with E-state index in [1.54, 1.807) is 0 Å². The van der Waals surface area contributed by atoms with Gasteiger partial charge in [-0.3, -0.25) is 0 Å². The zero-order chi connectivity index (χ0) is 15.2. The molecule has 0 aliphatic heterocycles. The van der Waals surface area contributed by atoms with Crippen LogP contribution >= 0.6 is 0 Å². The molecule has 0 spiro atoms. The lowest BCUT2D eigenvalue weighted by molar-refractivity contribution is 0.163. The number of carbonyl (C=O) groups excluding carboxylic acids is 1. The molecule has 0 radical (unpaired) electrons. The summed E-state index contributed by atoms with van der Waals surface area (Å²) in [6, 6.07) is 6.27. The smallest absolute Gasteiger partial charge is 0.319 e. The minimum absolute atomic E-state index is 0.0489. The molecule has 2 amide bonds. The van der Waals surface area contributed by atoms with E-state index in [2.05, 4.69) is 18.3 Å². The first-order valence-corrected chi connectivity index (χ1v) is 7.79. The molecule has 1 aromatic rings. The highest BCUT2D eigenvalue weighted by Gasteiger charge is 2.21. The quantitative estimate of drug-likeness (QED) is 0.861. The number of aryl methyl sites for hydroxylation is 1. The number of carbonyl (C=O) groups is 1. The monoisotopic (exact) mass is 290 g/mol. The van der Waals surface area contributed by atoms with Gasteiger partial charge in [0.05, 0.1) is 0 Å². The van der Waals surface area contributed by atoms with Crippen LogP contribution in [0.1, 0.15) is 43.2 Å². The van der Waals surface area contributed by atoms with Gasteiger partial charge in [-0.15, -0.1) is 0 Å². The number of urea groups is 1. The molecule has 0 bridgehead atoms. The van der Waals surface area contributed by atoms with Crippen molar-refractivity contribution in [1.29, 1.82) is 0 Å². The fourth-order valence-corrected chi connectivity index (χ4v) is 2.81. The van der Waals surface area contributed by atoms with Crippen LogP contribution in [-0.2, 0) is 0 Å². The first-order valence-electron chi connectivity index (χ1n) is 7.79. The fraction of sp³-hybridized carbons (Fsp3) is 0.588. The van der Waals surface area contributed by atoms with Crippen molar-refractivity contribution >= 4 is 6.03 Å². The Labute approximate surface area is 127 Å². The third-order valence-electron chi connectivity index (χ3n) is 4.45. The number of hydrogen-bond donors (Lipinski definition) is 1. The van der Waals surface area contributed by atoms with E-state index in [9.17, 15) is 4.79 Å². The molecule has 0 aromatic heterocycles. The van der Waals surface area contributed by atoms with E-state index in [4.69, 9.17) is 4.74 Å². The molecule has 2 rings (SSSR count). The highest BCUT2D eigenvalue weighted by atomic mass is 16.5. The molecular weight excluding hydrogens is 264 g/mol. The van der Waals surface area contributed by atoms with Crippen molar-refractivity contribution in [2.24, 2.45) is 0 Å². The summed E-state index contributed by atoms with van der Waals surface area (Å²) in [5.41, 5.74) is 2.31. The van der Waals surface area contributed by atoms with Gasteiger partial charge in [-0.05, 0) is 43.9 Å². The van der Waals surface area contributed by atoms with Crippen molar-refractivity contribution in [3.63, 3.8) is 0 Å². The average molecular weight is 290 g/mol. The topological polar surface area (TPSA) is 41.6 Å². The molecule has 1 aliphatic rings. The molecule has 1 aromatic carbocycles. The number of nitrogens with zero attached hydrogens (tertiary/aromatic N) is 1. The number of ether oxygens (including phenoxy) is 1. The van der Waals surface area contributed by atoms with Crippen LogP contribution in [0, 0.1) is 13.8 Å². The summed E-state index contributed by atoms with van der Waals surface area (Å²) in [5.74, 6) is 0.829. The number of rotatable bonds is 4. The van der Waals surface area contributed by atoms with Gasteiger partial charge in [-0.1, -0.05) is 31.4 Å². The summed E-state index contributed by atoms with van der Waals surface area (Å²) in [7, 11) is 1.88. The highest BCUT2D eigenvalue weighted by Crippen LogP contribution is 2.22. The highest BCUT2D eigenvalue weighted by molar-refractivity contribution is 5.74. The van der Waals surface area contributed by atoms with Crippen LogP contribution in [0.3, 0.4) is 0 Å². The van der Waals surface area contributed by atoms with E-state index in [0.717, 1.165) is 24.2 Å². The molecule has 1 saturated carbocycles. The first-order chi connectivity index (χ1) is 10.1. The largest absolute Gasteiger partial charge is 0.473 e. The maximum absolute atomic E-state index is 12.1. The number of benzene rings is 1. The molecule has 4 heteroatoms. The van der Waals surface area contributed by atoms with Crippen molar-refractivity contribution in [1.82, 2.24) is 10.2 Å². The lowest BCUT2D eigenvalue weighted by atomic mass is 9.95. The summed E-state index contributed by atoms with van der Waals surface area (Å²) < 4.78 is 5.67. The maximum atomic E-state index is 12.1. The van der Waals surface area contributed by atoms with Gasteiger partial charge in [0.15, 0.2) is 6.73 Å².